The number of rotatable bonds is 8. The van der Waals surface area contributed by atoms with E-state index in [-0.39, 0.29) is 18.2 Å². The highest BCUT2D eigenvalue weighted by atomic mass is 32.1. The number of benzene rings is 1. The molecule has 0 atom stereocenters. The molecule has 0 unspecified atom stereocenters. The molecule has 1 fully saturated rings. The first-order chi connectivity index (χ1) is 13.7. The lowest BCUT2D eigenvalue weighted by molar-refractivity contribution is -0.136. The van der Waals surface area contributed by atoms with Gasteiger partial charge in [0.2, 0.25) is 0 Å². The van der Waals surface area contributed by atoms with Crippen LogP contribution in [0.25, 0.3) is 0 Å². The number of hydrogen-bond donors (Lipinski definition) is 1. The minimum absolute atomic E-state index is 0.173. The Hall–Kier alpha value is -2.71. The second-order valence-corrected chi connectivity index (χ2v) is 7.28. The molecule has 1 N–H and O–H groups in total. The van der Waals surface area contributed by atoms with Gasteiger partial charge in [-0.05, 0) is 5.56 Å². The van der Waals surface area contributed by atoms with E-state index in [4.69, 9.17) is 4.74 Å². The van der Waals surface area contributed by atoms with Crippen LogP contribution in [0.3, 0.4) is 0 Å². The van der Waals surface area contributed by atoms with Crippen molar-refractivity contribution in [2.45, 2.75) is 6.54 Å². The standard InChI is InChI=1S/C20H24N4O3S/c1-2-8-21-20-22-17(15-28-20)19(26)27-14-18(25)24-11-9-23(10-12-24)13-16-6-4-3-5-7-16/h2-7,15H,1,8-14H2,(H,21,22). The minimum Gasteiger partial charge on any atom is -0.451 e. The fourth-order valence-corrected chi connectivity index (χ4v) is 3.59. The van der Waals surface area contributed by atoms with Crippen molar-refractivity contribution in [2.24, 2.45) is 0 Å². The third-order valence-electron chi connectivity index (χ3n) is 4.41. The third kappa shape index (κ3) is 5.64. The van der Waals surface area contributed by atoms with Crippen LogP contribution >= 0.6 is 11.3 Å². The Bertz CT molecular complexity index is 801. The molecule has 0 saturated carbocycles. The van der Waals surface area contributed by atoms with E-state index >= 15 is 0 Å². The lowest BCUT2D eigenvalue weighted by Crippen LogP contribution is -2.49. The molecule has 1 aromatic carbocycles. The van der Waals surface area contributed by atoms with Gasteiger partial charge in [0.25, 0.3) is 5.91 Å². The SMILES string of the molecule is C=CCNc1nc(C(=O)OCC(=O)N2CCN(Cc3ccccc3)CC2)cs1. The van der Waals surface area contributed by atoms with Crippen molar-refractivity contribution in [3.05, 3.63) is 59.6 Å². The molecule has 0 radical (unpaired) electrons. The fourth-order valence-electron chi connectivity index (χ4n) is 2.90. The van der Waals surface area contributed by atoms with Crippen molar-refractivity contribution in [3.63, 3.8) is 0 Å². The Kier molecular flexibility index (Phi) is 7.16. The largest absolute Gasteiger partial charge is 0.451 e. The van der Waals surface area contributed by atoms with E-state index in [9.17, 15) is 9.59 Å². The van der Waals surface area contributed by atoms with Crippen molar-refractivity contribution in [1.82, 2.24) is 14.8 Å². The molecule has 3 rings (SSSR count). The van der Waals surface area contributed by atoms with Gasteiger partial charge >= 0.3 is 5.97 Å². The van der Waals surface area contributed by atoms with Gasteiger partial charge < -0.3 is 15.0 Å². The summed E-state index contributed by atoms with van der Waals surface area (Å²) in [5, 5.41) is 5.24. The predicted molar refractivity (Wildman–Crippen MR) is 109 cm³/mol. The van der Waals surface area contributed by atoms with Crippen LogP contribution in [0, 0.1) is 0 Å². The van der Waals surface area contributed by atoms with Gasteiger partial charge in [-0.1, -0.05) is 36.4 Å². The highest BCUT2D eigenvalue weighted by molar-refractivity contribution is 7.13. The Labute approximate surface area is 168 Å². The highest BCUT2D eigenvalue weighted by Gasteiger charge is 2.22. The molecule has 1 saturated heterocycles. The molecule has 2 aromatic rings. The number of nitrogens with one attached hydrogen (secondary N) is 1. The van der Waals surface area contributed by atoms with Gasteiger partial charge in [0.05, 0.1) is 0 Å². The predicted octanol–water partition coefficient (Wildman–Crippen LogP) is 2.24. The maximum atomic E-state index is 12.3. The normalized spacial score (nSPS) is 14.5. The zero-order valence-corrected chi connectivity index (χ0v) is 16.5. The number of anilines is 1. The van der Waals surface area contributed by atoms with Crippen molar-refractivity contribution in [1.29, 1.82) is 0 Å². The second kappa shape index (κ2) is 10.0. The Morgan fingerprint density at radius 2 is 1.96 bits per heavy atom. The zero-order chi connectivity index (χ0) is 19.8. The number of thiazole rings is 1. The number of ether oxygens (including phenoxy) is 1. The van der Waals surface area contributed by atoms with E-state index in [1.807, 2.05) is 18.2 Å². The average Bonchev–Trinajstić information content (AvgIpc) is 3.20. The van der Waals surface area contributed by atoms with Crippen molar-refractivity contribution >= 4 is 28.3 Å². The molecule has 1 amide bonds. The van der Waals surface area contributed by atoms with Crippen LogP contribution in [-0.2, 0) is 16.1 Å². The van der Waals surface area contributed by atoms with Crippen molar-refractivity contribution in [3.8, 4) is 0 Å². The first-order valence-electron chi connectivity index (χ1n) is 9.17. The van der Waals surface area contributed by atoms with Gasteiger partial charge in [0.15, 0.2) is 17.4 Å². The van der Waals surface area contributed by atoms with Gasteiger partial charge in [-0.2, -0.15) is 0 Å². The number of nitrogens with zero attached hydrogens (tertiary/aromatic N) is 3. The van der Waals surface area contributed by atoms with Gasteiger partial charge in [-0.15, -0.1) is 17.9 Å². The Balaban J connectivity index is 1.40. The molecule has 1 aliphatic heterocycles. The summed E-state index contributed by atoms with van der Waals surface area (Å²) in [6.45, 7) is 7.68. The molecule has 0 bridgehead atoms. The molecule has 7 nitrogen and oxygen atoms in total. The lowest BCUT2D eigenvalue weighted by Gasteiger charge is -2.34. The lowest BCUT2D eigenvalue weighted by atomic mass is 10.2. The van der Waals surface area contributed by atoms with E-state index in [2.05, 4.69) is 33.9 Å². The molecule has 28 heavy (non-hydrogen) atoms. The van der Waals surface area contributed by atoms with E-state index in [0.717, 1.165) is 19.6 Å². The number of piperazine rings is 1. The monoisotopic (exact) mass is 400 g/mol. The molecular weight excluding hydrogens is 376 g/mol. The summed E-state index contributed by atoms with van der Waals surface area (Å²) in [6, 6.07) is 10.3. The van der Waals surface area contributed by atoms with Crippen molar-refractivity contribution in [2.75, 3.05) is 44.6 Å². The van der Waals surface area contributed by atoms with E-state index in [0.29, 0.717) is 24.8 Å². The number of carbonyl (C=O) groups is 2. The summed E-state index contributed by atoms with van der Waals surface area (Å²) in [6.07, 6.45) is 1.71. The van der Waals surface area contributed by atoms with E-state index in [1.165, 1.54) is 16.9 Å². The molecule has 0 aliphatic carbocycles. The molecule has 148 valence electrons. The summed E-state index contributed by atoms with van der Waals surface area (Å²) >= 11 is 1.31. The maximum Gasteiger partial charge on any atom is 0.358 e. The van der Waals surface area contributed by atoms with Crippen LogP contribution in [0.5, 0.6) is 0 Å². The van der Waals surface area contributed by atoms with Crippen LogP contribution in [0.2, 0.25) is 0 Å². The van der Waals surface area contributed by atoms with Crippen molar-refractivity contribution < 1.29 is 14.3 Å². The van der Waals surface area contributed by atoms with E-state index < -0.39 is 5.97 Å². The molecule has 0 spiro atoms. The molecule has 8 heteroatoms. The average molecular weight is 401 g/mol. The summed E-state index contributed by atoms with van der Waals surface area (Å²) < 4.78 is 5.14. The molecular formula is C20H24N4O3S. The van der Waals surface area contributed by atoms with E-state index in [1.54, 1.807) is 16.4 Å². The number of amides is 1. The molecule has 1 aliphatic rings. The first-order valence-corrected chi connectivity index (χ1v) is 10.0. The Morgan fingerprint density at radius 1 is 1.21 bits per heavy atom. The summed E-state index contributed by atoms with van der Waals surface area (Å²) in [4.78, 5) is 32.6. The summed E-state index contributed by atoms with van der Waals surface area (Å²) in [5.41, 5.74) is 1.47. The van der Waals surface area contributed by atoms with Crippen LogP contribution < -0.4 is 5.32 Å². The van der Waals surface area contributed by atoms with Crippen LogP contribution in [0.1, 0.15) is 16.1 Å². The topological polar surface area (TPSA) is 74.8 Å². The molecule has 1 aromatic heterocycles. The van der Waals surface area contributed by atoms with Gasteiger partial charge in [-0.25, -0.2) is 9.78 Å². The number of esters is 1. The third-order valence-corrected chi connectivity index (χ3v) is 5.21. The highest BCUT2D eigenvalue weighted by Crippen LogP contribution is 2.16. The maximum absolute atomic E-state index is 12.3. The summed E-state index contributed by atoms with van der Waals surface area (Å²) in [5.74, 6) is -0.757. The minimum atomic E-state index is -0.584. The quantitative estimate of drug-likeness (QED) is 0.541. The summed E-state index contributed by atoms with van der Waals surface area (Å²) in [7, 11) is 0. The second-order valence-electron chi connectivity index (χ2n) is 6.43. The van der Waals surface area contributed by atoms with Gasteiger partial charge in [-0.3, -0.25) is 9.69 Å². The fraction of sp³-hybridized carbons (Fsp3) is 0.350. The van der Waals surface area contributed by atoms with Gasteiger partial charge in [0, 0.05) is 44.6 Å². The van der Waals surface area contributed by atoms with Crippen LogP contribution in [0.4, 0.5) is 5.13 Å². The number of hydrogen-bond acceptors (Lipinski definition) is 7. The molecule has 2 heterocycles. The first kappa shape index (κ1) is 20.0. The number of aromatic nitrogens is 1. The zero-order valence-electron chi connectivity index (χ0n) is 15.7. The van der Waals surface area contributed by atoms with Gasteiger partial charge in [0.1, 0.15) is 0 Å². The van der Waals surface area contributed by atoms with Crippen LogP contribution in [-0.4, -0.2) is 66.0 Å². The smallest absolute Gasteiger partial charge is 0.358 e. The Morgan fingerprint density at radius 3 is 2.68 bits per heavy atom. The van der Waals surface area contributed by atoms with Crippen LogP contribution in [0.15, 0.2) is 48.4 Å². The number of carbonyl (C=O) groups excluding carboxylic acids is 2.